The van der Waals surface area contributed by atoms with Crippen LogP contribution in [-0.4, -0.2) is 20.9 Å². The molecular weight excluding hydrogens is 294 g/mol. The SMILES string of the molecule is N/N=C\c1cn(-c2ccccc2)nc1-c1ccc([N+](=O)[O-])cc1. The Hall–Kier alpha value is -3.48. The molecule has 0 aliphatic carbocycles. The summed E-state index contributed by atoms with van der Waals surface area (Å²) in [7, 11) is 0. The largest absolute Gasteiger partial charge is 0.323 e. The van der Waals surface area contributed by atoms with E-state index in [9.17, 15) is 10.1 Å². The van der Waals surface area contributed by atoms with Crippen molar-refractivity contribution >= 4 is 11.9 Å². The maximum absolute atomic E-state index is 10.8. The molecule has 2 aromatic carbocycles. The molecule has 0 aliphatic heterocycles. The summed E-state index contributed by atoms with van der Waals surface area (Å²) < 4.78 is 1.72. The zero-order valence-electron chi connectivity index (χ0n) is 12.0. The number of non-ortho nitro benzene ring substituents is 1. The van der Waals surface area contributed by atoms with Gasteiger partial charge in [0.15, 0.2) is 0 Å². The zero-order chi connectivity index (χ0) is 16.2. The molecule has 7 nitrogen and oxygen atoms in total. The van der Waals surface area contributed by atoms with Gasteiger partial charge in [-0.25, -0.2) is 4.68 Å². The maximum atomic E-state index is 10.8. The smallest absolute Gasteiger partial charge is 0.269 e. The van der Waals surface area contributed by atoms with E-state index in [0.717, 1.165) is 16.8 Å². The molecule has 1 heterocycles. The Morgan fingerprint density at radius 2 is 1.83 bits per heavy atom. The van der Waals surface area contributed by atoms with E-state index in [4.69, 9.17) is 5.84 Å². The van der Waals surface area contributed by atoms with E-state index in [2.05, 4.69) is 10.2 Å². The molecule has 0 fully saturated rings. The van der Waals surface area contributed by atoms with Crippen molar-refractivity contribution < 1.29 is 4.92 Å². The van der Waals surface area contributed by atoms with Crippen molar-refractivity contribution in [2.24, 2.45) is 10.9 Å². The molecule has 0 spiro atoms. The van der Waals surface area contributed by atoms with Gasteiger partial charge >= 0.3 is 0 Å². The van der Waals surface area contributed by atoms with Gasteiger partial charge in [-0.2, -0.15) is 10.2 Å². The minimum Gasteiger partial charge on any atom is -0.323 e. The van der Waals surface area contributed by atoms with Crippen LogP contribution in [0.5, 0.6) is 0 Å². The molecule has 3 rings (SSSR count). The fourth-order valence-corrected chi connectivity index (χ4v) is 2.24. The minimum atomic E-state index is -0.436. The molecule has 0 bridgehead atoms. The lowest BCUT2D eigenvalue weighted by atomic mass is 10.1. The minimum absolute atomic E-state index is 0.0327. The van der Waals surface area contributed by atoms with Crippen molar-refractivity contribution in [1.29, 1.82) is 0 Å². The highest BCUT2D eigenvalue weighted by Gasteiger charge is 2.12. The summed E-state index contributed by atoms with van der Waals surface area (Å²) in [5.41, 5.74) is 3.06. The van der Waals surface area contributed by atoms with Crippen LogP contribution in [0.25, 0.3) is 16.9 Å². The highest BCUT2D eigenvalue weighted by atomic mass is 16.6. The van der Waals surface area contributed by atoms with Gasteiger partial charge in [0.25, 0.3) is 5.69 Å². The van der Waals surface area contributed by atoms with E-state index >= 15 is 0 Å². The highest BCUT2D eigenvalue weighted by Crippen LogP contribution is 2.24. The molecule has 0 aliphatic rings. The van der Waals surface area contributed by atoms with Gasteiger partial charge in [-0.1, -0.05) is 18.2 Å². The number of hydrogen-bond donors (Lipinski definition) is 1. The third-order valence-electron chi connectivity index (χ3n) is 3.33. The average Bonchev–Trinajstić information content (AvgIpc) is 3.00. The molecular formula is C16H13N5O2. The Labute approximate surface area is 131 Å². The van der Waals surface area contributed by atoms with Crippen molar-refractivity contribution in [1.82, 2.24) is 9.78 Å². The Balaban J connectivity index is 2.07. The highest BCUT2D eigenvalue weighted by molar-refractivity contribution is 5.88. The van der Waals surface area contributed by atoms with Crippen LogP contribution in [0.15, 0.2) is 65.9 Å². The van der Waals surface area contributed by atoms with Crippen LogP contribution in [0.3, 0.4) is 0 Å². The van der Waals surface area contributed by atoms with E-state index in [1.807, 2.05) is 36.5 Å². The van der Waals surface area contributed by atoms with E-state index in [1.54, 1.807) is 16.8 Å². The van der Waals surface area contributed by atoms with Crippen LogP contribution in [0.1, 0.15) is 5.56 Å². The number of hydrazone groups is 1. The summed E-state index contributed by atoms with van der Waals surface area (Å²) >= 11 is 0. The first kappa shape index (κ1) is 14.5. The predicted octanol–water partition coefficient (Wildman–Crippen LogP) is 2.74. The number of hydrogen-bond acceptors (Lipinski definition) is 5. The van der Waals surface area contributed by atoms with E-state index in [0.29, 0.717) is 5.69 Å². The second-order valence-corrected chi connectivity index (χ2v) is 4.80. The monoisotopic (exact) mass is 307 g/mol. The van der Waals surface area contributed by atoms with Crippen LogP contribution >= 0.6 is 0 Å². The van der Waals surface area contributed by atoms with Crippen LogP contribution in [-0.2, 0) is 0 Å². The summed E-state index contributed by atoms with van der Waals surface area (Å²) in [5.74, 6) is 5.26. The molecule has 7 heteroatoms. The van der Waals surface area contributed by atoms with Gasteiger partial charge in [-0.15, -0.1) is 0 Å². The number of para-hydroxylation sites is 1. The van der Waals surface area contributed by atoms with Crippen molar-refractivity contribution in [3.05, 3.63) is 76.5 Å². The fourth-order valence-electron chi connectivity index (χ4n) is 2.24. The predicted molar refractivity (Wildman–Crippen MR) is 87.4 cm³/mol. The molecule has 0 saturated heterocycles. The summed E-state index contributed by atoms with van der Waals surface area (Å²) in [6.07, 6.45) is 3.31. The molecule has 0 unspecified atom stereocenters. The number of benzene rings is 2. The molecule has 0 radical (unpaired) electrons. The van der Waals surface area contributed by atoms with Crippen molar-refractivity contribution in [3.63, 3.8) is 0 Å². The maximum Gasteiger partial charge on any atom is 0.269 e. The van der Waals surface area contributed by atoms with Crippen molar-refractivity contribution in [3.8, 4) is 16.9 Å². The fraction of sp³-hybridized carbons (Fsp3) is 0. The van der Waals surface area contributed by atoms with Gasteiger partial charge in [-0.3, -0.25) is 10.1 Å². The molecule has 0 amide bonds. The van der Waals surface area contributed by atoms with Gasteiger partial charge in [-0.05, 0) is 24.3 Å². The van der Waals surface area contributed by atoms with Gasteiger partial charge in [0.05, 0.1) is 16.8 Å². The lowest BCUT2D eigenvalue weighted by Crippen LogP contribution is -1.94. The van der Waals surface area contributed by atoms with Crippen LogP contribution < -0.4 is 5.84 Å². The number of aromatic nitrogens is 2. The van der Waals surface area contributed by atoms with Crippen LogP contribution in [0.2, 0.25) is 0 Å². The summed E-state index contributed by atoms with van der Waals surface area (Å²) in [6, 6.07) is 15.8. The lowest BCUT2D eigenvalue weighted by molar-refractivity contribution is -0.384. The van der Waals surface area contributed by atoms with E-state index < -0.39 is 4.92 Å². The first-order chi connectivity index (χ1) is 11.2. The number of nitro benzene ring substituents is 1. The molecule has 0 saturated carbocycles. The Morgan fingerprint density at radius 1 is 1.13 bits per heavy atom. The Kier molecular flexibility index (Phi) is 3.84. The first-order valence-corrected chi connectivity index (χ1v) is 6.82. The van der Waals surface area contributed by atoms with Gasteiger partial charge < -0.3 is 5.84 Å². The van der Waals surface area contributed by atoms with E-state index in [-0.39, 0.29) is 5.69 Å². The molecule has 114 valence electrons. The number of nitro groups is 1. The lowest BCUT2D eigenvalue weighted by Gasteiger charge is -2.00. The molecule has 0 atom stereocenters. The quantitative estimate of drug-likeness (QED) is 0.346. The molecule has 23 heavy (non-hydrogen) atoms. The molecule has 1 aromatic heterocycles. The standard InChI is InChI=1S/C16H13N5O2/c17-18-10-13-11-20(14-4-2-1-3-5-14)19-16(13)12-6-8-15(9-7-12)21(22)23/h1-11H,17H2/b18-10-. The Morgan fingerprint density at radius 3 is 2.43 bits per heavy atom. The first-order valence-electron chi connectivity index (χ1n) is 6.82. The van der Waals surface area contributed by atoms with Crippen LogP contribution in [0, 0.1) is 10.1 Å². The second-order valence-electron chi connectivity index (χ2n) is 4.80. The van der Waals surface area contributed by atoms with Gasteiger partial charge in [0, 0.05) is 29.5 Å². The van der Waals surface area contributed by atoms with Gasteiger partial charge in [0.1, 0.15) is 5.69 Å². The third kappa shape index (κ3) is 2.93. The average molecular weight is 307 g/mol. The number of rotatable bonds is 4. The summed E-state index contributed by atoms with van der Waals surface area (Å²) in [4.78, 5) is 10.3. The topological polar surface area (TPSA) is 99.3 Å². The third-order valence-corrected chi connectivity index (χ3v) is 3.33. The van der Waals surface area contributed by atoms with Crippen molar-refractivity contribution in [2.75, 3.05) is 0 Å². The molecule has 2 N–H and O–H groups in total. The van der Waals surface area contributed by atoms with E-state index in [1.165, 1.54) is 18.3 Å². The van der Waals surface area contributed by atoms with Gasteiger partial charge in [0.2, 0.25) is 0 Å². The second kappa shape index (κ2) is 6.10. The van der Waals surface area contributed by atoms with Crippen molar-refractivity contribution in [2.45, 2.75) is 0 Å². The summed E-state index contributed by atoms with van der Waals surface area (Å²) in [5, 5.41) is 18.9. The summed E-state index contributed by atoms with van der Waals surface area (Å²) in [6.45, 7) is 0. The molecule has 3 aromatic rings. The number of nitrogens with zero attached hydrogens (tertiary/aromatic N) is 4. The zero-order valence-corrected chi connectivity index (χ0v) is 12.0. The van der Waals surface area contributed by atoms with Crippen LogP contribution in [0.4, 0.5) is 5.69 Å². The number of nitrogens with two attached hydrogens (primary N) is 1. The normalized spacial score (nSPS) is 11.0. The Bertz CT molecular complexity index is 854.